The summed E-state index contributed by atoms with van der Waals surface area (Å²) in [5, 5.41) is 9.50. The molecule has 0 bridgehead atoms. The van der Waals surface area contributed by atoms with Crippen molar-refractivity contribution in [2.45, 2.75) is 83.5 Å². The van der Waals surface area contributed by atoms with Crippen LogP contribution in [0.15, 0.2) is 47.7 Å². The number of pyridine rings is 2. The third-order valence-electron chi connectivity index (χ3n) is 11.5. The number of esters is 1. The van der Waals surface area contributed by atoms with Gasteiger partial charge >= 0.3 is 11.9 Å². The second-order valence-corrected chi connectivity index (χ2v) is 13.9. The van der Waals surface area contributed by atoms with Gasteiger partial charge in [-0.05, 0) is 80.6 Å². The van der Waals surface area contributed by atoms with Crippen molar-refractivity contribution in [2.24, 2.45) is 28.6 Å². The Morgan fingerprint density at radius 1 is 1.18 bits per heavy atom. The summed E-state index contributed by atoms with van der Waals surface area (Å²) in [5.74, 6) is -0.284. The Labute approximate surface area is 263 Å². The highest BCUT2D eigenvalue weighted by Crippen LogP contribution is 2.63. The lowest BCUT2D eigenvalue weighted by Gasteiger charge is -2.63. The van der Waals surface area contributed by atoms with E-state index in [1.165, 1.54) is 31.1 Å². The molecule has 3 heterocycles. The Morgan fingerprint density at radius 3 is 2.76 bits per heavy atom. The molecule has 4 fully saturated rings. The second-order valence-electron chi connectivity index (χ2n) is 13.9. The van der Waals surface area contributed by atoms with Crippen molar-refractivity contribution in [3.05, 3.63) is 69.9 Å². The molecule has 4 aliphatic rings. The first-order valence-corrected chi connectivity index (χ1v) is 16.1. The number of carbonyl (C=O) groups is 2. The minimum Gasteiger partial charge on any atom is -0.493 e. The fourth-order valence-corrected chi connectivity index (χ4v) is 9.12. The second kappa shape index (κ2) is 12.4. The van der Waals surface area contributed by atoms with Crippen LogP contribution in [0.4, 0.5) is 0 Å². The smallest absolute Gasteiger partial charge is 0.343 e. The summed E-state index contributed by atoms with van der Waals surface area (Å²) in [6, 6.07) is 3.14. The van der Waals surface area contributed by atoms with E-state index in [1.54, 1.807) is 12.3 Å². The van der Waals surface area contributed by atoms with Gasteiger partial charge in [0.25, 0.3) is 0 Å². The predicted octanol–water partition coefficient (Wildman–Crippen LogP) is 5.74. The summed E-state index contributed by atoms with van der Waals surface area (Å²) in [7, 11) is 1.27. The lowest BCUT2D eigenvalue weighted by Crippen LogP contribution is -2.62. The van der Waals surface area contributed by atoms with E-state index in [2.05, 4.69) is 30.4 Å². The van der Waals surface area contributed by atoms with E-state index in [1.807, 2.05) is 0 Å². The number of ether oxygens (including phenoxy) is 4. The van der Waals surface area contributed by atoms with E-state index >= 15 is 0 Å². The number of fused-ring (bicyclic) bond motifs is 3. The maximum atomic E-state index is 12.5. The van der Waals surface area contributed by atoms with E-state index in [0.717, 1.165) is 57.1 Å². The monoisotopic (exact) mass is 620 g/mol. The zero-order chi connectivity index (χ0) is 31.9. The predicted molar refractivity (Wildman–Crippen MR) is 165 cm³/mol. The number of rotatable bonds is 8. The van der Waals surface area contributed by atoms with Crippen LogP contribution in [0.1, 0.15) is 97.5 Å². The Bertz CT molecular complexity index is 1520. The van der Waals surface area contributed by atoms with Gasteiger partial charge in [0.1, 0.15) is 16.9 Å². The maximum absolute atomic E-state index is 12.5. The molecule has 0 amide bonds. The van der Waals surface area contributed by atoms with E-state index < -0.39 is 11.9 Å². The van der Waals surface area contributed by atoms with Crippen LogP contribution < -0.4 is 10.2 Å². The highest BCUT2D eigenvalue weighted by Gasteiger charge is 2.60. The van der Waals surface area contributed by atoms with Crippen LogP contribution in [0, 0.1) is 28.6 Å². The number of H-pyrrole nitrogens is 1. The summed E-state index contributed by atoms with van der Waals surface area (Å²) < 4.78 is 24.1. The van der Waals surface area contributed by atoms with Crippen molar-refractivity contribution in [3.8, 4) is 5.75 Å². The van der Waals surface area contributed by atoms with Gasteiger partial charge in [-0.1, -0.05) is 26.0 Å². The van der Waals surface area contributed by atoms with Gasteiger partial charge < -0.3 is 29.0 Å². The van der Waals surface area contributed by atoms with Crippen molar-refractivity contribution < 1.29 is 33.6 Å². The Balaban J connectivity index is 1.10. The number of nitrogens with one attached hydrogen (secondary N) is 1. The van der Waals surface area contributed by atoms with Gasteiger partial charge in [-0.3, -0.25) is 9.78 Å². The molecule has 3 aliphatic carbocycles. The third kappa shape index (κ3) is 5.71. The molecule has 242 valence electrons. The average Bonchev–Trinajstić information content (AvgIpc) is 3.52. The molecule has 1 aliphatic heterocycles. The number of carboxylic acid groups (broad SMARTS) is 1. The molecule has 6 rings (SSSR count). The lowest BCUT2D eigenvalue weighted by atomic mass is 9.46. The van der Waals surface area contributed by atoms with E-state index in [4.69, 9.17) is 18.9 Å². The molecule has 3 saturated carbocycles. The standard InChI is InChI=1S/C35H44N2O8/c1-20-5-8-29-34(2,25(20)11-14-43-28-10-13-36-17-24(28)31(39)40)12-9-30-35(29,3)19-44-33(45-30)22-7-6-21(15-22)26-16-27(38)23(18-37-26)32(41)42-4/h10,13,16-18,21-22,25,29-30,33H,1,5-9,11-12,14-15,19H2,2-4H3,(H,37,38)(H,39,40)/t21?,22?,25-,29?,30-,33-,34+,35+/m1/s1. The number of methoxy groups -OCH3 is 1. The Hall–Kier alpha value is -3.50. The largest absolute Gasteiger partial charge is 0.493 e. The van der Waals surface area contributed by atoms with Gasteiger partial charge in [0.15, 0.2) is 11.7 Å². The minimum absolute atomic E-state index is 0.0120. The summed E-state index contributed by atoms with van der Waals surface area (Å²) in [6.07, 6.45) is 11.6. The molecule has 2 aromatic heterocycles. The quantitative estimate of drug-likeness (QED) is 0.280. The maximum Gasteiger partial charge on any atom is 0.343 e. The highest BCUT2D eigenvalue weighted by molar-refractivity contribution is 5.90. The Morgan fingerprint density at radius 2 is 2.00 bits per heavy atom. The summed E-state index contributed by atoms with van der Waals surface area (Å²) >= 11 is 0. The fourth-order valence-electron chi connectivity index (χ4n) is 9.12. The zero-order valence-electron chi connectivity index (χ0n) is 26.4. The summed E-state index contributed by atoms with van der Waals surface area (Å²) in [4.78, 5) is 43.0. The first kappa shape index (κ1) is 31.5. The van der Waals surface area contributed by atoms with Crippen molar-refractivity contribution in [3.63, 3.8) is 0 Å². The van der Waals surface area contributed by atoms with Gasteiger partial charge in [-0.15, -0.1) is 0 Å². The molecule has 10 nitrogen and oxygen atoms in total. The molecule has 2 N–H and O–H groups in total. The molecule has 2 aromatic rings. The van der Waals surface area contributed by atoms with Crippen molar-refractivity contribution in [2.75, 3.05) is 20.3 Å². The number of nitrogens with zero attached hydrogens (tertiary/aromatic N) is 1. The van der Waals surface area contributed by atoms with Crippen LogP contribution in [0.2, 0.25) is 0 Å². The number of allylic oxidation sites excluding steroid dienone is 1. The van der Waals surface area contributed by atoms with E-state index in [0.29, 0.717) is 24.9 Å². The molecule has 1 saturated heterocycles. The summed E-state index contributed by atoms with van der Waals surface area (Å²) in [5.41, 5.74) is 1.73. The first-order valence-electron chi connectivity index (χ1n) is 16.1. The molecule has 45 heavy (non-hydrogen) atoms. The van der Waals surface area contributed by atoms with Crippen LogP contribution in [0.25, 0.3) is 0 Å². The molecule has 0 radical (unpaired) electrons. The topological polar surface area (TPSA) is 137 Å². The molecule has 8 atom stereocenters. The molecular formula is C35H44N2O8. The molecule has 10 heteroatoms. The average molecular weight is 621 g/mol. The number of aromatic amines is 1. The van der Waals surface area contributed by atoms with Crippen LogP contribution in [0.5, 0.6) is 5.75 Å². The summed E-state index contributed by atoms with van der Waals surface area (Å²) in [6.45, 7) is 10.3. The van der Waals surface area contributed by atoms with Crippen molar-refractivity contribution >= 4 is 11.9 Å². The highest BCUT2D eigenvalue weighted by atomic mass is 16.7. The van der Waals surface area contributed by atoms with Crippen LogP contribution in [-0.4, -0.2) is 59.7 Å². The van der Waals surface area contributed by atoms with Crippen LogP contribution in [-0.2, 0) is 14.2 Å². The number of aromatic nitrogens is 2. The minimum atomic E-state index is -1.05. The van der Waals surface area contributed by atoms with Crippen LogP contribution in [0.3, 0.4) is 0 Å². The third-order valence-corrected chi connectivity index (χ3v) is 11.5. The Kier molecular flexibility index (Phi) is 8.65. The van der Waals surface area contributed by atoms with Gasteiger partial charge in [0, 0.05) is 41.7 Å². The van der Waals surface area contributed by atoms with Crippen LogP contribution >= 0.6 is 0 Å². The van der Waals surface area contributed by atoms with Crippen molar-refractivity contribution in [1.29, 1.82) is 0 Å². The molecular weight excluding hydrogens is 576 g/mol. The number of hydrogen-bond acceptors (Lipinski definition) is 8. The van der Waals surface area contributed by atoms with E-state index in [9.17, 15) is 19.5 Å². The normalized spacial score (nSPS) is 34.4. The number of hydrogen-bond donors (Lipinski definition) is 2. The zero-order valence-corrected chi connectivity index (χ0v) is 26.4. The molecule has 0 spiro atoms. The number of aromatic carboxylic acids is 1. The van der Waals surface area contributed by atoms with Gasteiger partial charge in [-0.2, -0.15) is 0 Å². The molecule has 3 unspecified atom stereocenters. The van der Waals surface area contributed by atoms with Gasteiger partial charge in [0.05, 0.1) is 26.4 Å². The van der Waals surface area contributed by atoms with Gasteiger partial charge in [-0.25, -0.2) is 9.59 Å². The number of carboxylic acids is 1. The van der Waals surface area contributed by atoms with E-state index in [-0.39, 0.29) is 57.5 Å². The first-order chi connectivity index (χ1) is 21.5. The van der Waals surface area contributed by atoms with Crippen molar-refractivity contribution in [1.82, 2.24) is 9.97 Å². The lowest BCUT2D eigenvalue weighted by molar-refractivity contribution is -0.316. The SMILES string of the molecule is C=C1CCC2[C@]3(C)CO[C@@H](C4CCC(c5cc(=O)c(C(=O)OC)c[nH]5)C4)O[C@@H]3CC[C@@]2(C)[C@@H]1CCOc1ccncc1C(=O)O. The number of carbonyl (C=O) groups excluding carboxylic acids is 1. The fraction of sp³-hybridized carbons (Fsp3) is 0.600. The van der Waals surface area contributed by atoms with Gasteiger partial charge in [0.2, 0.25) is 0 Å². The molecule has 0 aromatic carbocycles.